The summed E-state index contributed by atoms with van der Waals surface area (Å²) >= 11 is 0. The molecule has 132 valence electrons. The minimum atomic E-state index is -4.95. The third kappa shape index (κ3) is 3.24. The Bertz CT molecular complexity index is 1060. The van der Waals surface area contributed by atoms with Crippen LogP contribution in [0.4, 0.5) is 23.2 Å². The molecule has 0 aliphatic heterocycles. The molecule has 3 aromatic rings. The second-order valence-electron chi connectivity index (χ2n) is 4.97. The first-order valence-electron chi connectivity index (χ1n) is 6.66. The van der Waals surface area contributed by atoms with E-state index in [4.69, 9.17) is 0 Å². The Morgan fingerprint density at radius 3 is 2.56 bits per heavy atom. The molecule has 0 saturated heterocycles. The van der Waals surface area contributed by atoms with Crippen molar-refractivity contribution in [2.75, 3.05) is 4.72 Å². The Labute approximate surface area is 138 Å². The molecule has 7 nitrogen and oxygen atoms in total. The predicted octanol–water partition coefficient (Wildman–Crippen LogP) is 2.39. The van der Waals surface area contributed by atoms with Crippen LogP contribution in [-0.2, 0) is 16.2 Å². The van der Waals surface area contributed by atoms with Gasteiger partial charge >= 0.3 is 6.18 Å². The van der Waals surface area contributed by atoms with E-state index in [1.807, 2.05) is 0 Å². The van der Waals surface area contributed by atoms with E-state index in [0.717, 1.165) is 10.6 Å². The number of alkyl halides is 3. The van der Waals surface area contributed by atoms with E-state index < -0.39 is 38.4 Å². The highest BCUT2D eigenvalue weighted by molar-refractivity contribution is 7.92. The minimum Gasteiger partial charge on any atom is -0.273 e. The highest BCUT2D eigenvalue weighted by atomic mass is 32.2. The van der Waals surface area contributed by atoms with Crippen LogP contribution in [0.1, 0.15) is 11.3 Å². The van der Waals surface area contributed by atoms with E-state index in [-0.39, 0.29) is 5.78 Å². The molecule has 0 fully saturated rings. The van der Waals surface area contributed by atoms with Crippen molar-refractivity contribution in [2.24, 2.45) is 0 Å². The van der Waals surface area contributed by atoms with E-state index in [1.54, 1.807) is 11.6 Å². The largest absolute Gasteiger partial charge is 0.418 e. The van der Waals surface area contributed by atoms with Gasteiger partial charge in [0.2, 0.25) is 0 Å². The molecule has 2 heterocycles. The van der Waals surface area contributed by atoms with Crippen molar-refractivity contribution in [3.63, 3.8) is 0 Å². The number of nitrogens with one attached hydrogen (secondary N) is 1. The fourth-order valence-electron chi connectivity index (χ4n) is 2.00. The van der Waals surface area contributed by atoms with Crippen LogP contribution in [0.2, 0.25) is 0 Å². The number of benzene rings is 1. The van der Waals surface area contributed by atoms with Crippen LogP contribution in [0, 0.1) is 12.7 Å². The standard InChI is InChI=1S/C13H9F4N5O2S/c1-7-5-6-22-11(18-7)19-12(20-22)25(23,24)21-10-8(13(15,16)17)3-2-4-9(10)14/h2-6,21H,1H3. The molecule has 0 bridgehead atoms. The SMILES string of the molecule is Cc1ccn2nc(S(=O)(=O)Nc3c(F)cccc3C(F)(F)F)nc2n1. The Hall–Kier alpha value is -2.76. The van der Waals surface area contributed by atoms with Crippen LogP contribution in [0.25, 0.3) is 5.78 Å². The third-order valence-electron chi connectivity index (χ3n) is 3.12. The van der Waals surface area contributed by atoms with Crippen molar-refractivity contribution in [3.8, 4) is 0 Å². The molecular weight excluding hydrogens is 366 g/mol. The summed E-state index contributed by atoms with van der Waals surface area (Å²) in [6.07, 6.45) is -3.57. The molecule has 3 rings (SSSR count). The number of aromatic nitrogens is 4. The number of hydrogen-bond acceptors (Lipinski definition) is 5. The maximum absolute atomic E-state index is 13.8. The summed E-state index contributed by atoms with van der Waals surface area (Å²) in [5.41, 5.74) is -2.16. The molecule has 0 aliphatic rings. The molecule has 0 amide bonds. The molecule has 1 N–H and O–H groups in total. The lowest BCUT2D eigenvalue weighted by molar-refractivity contribution is -0.137. The Morgan fingerprint density at radius 2 is 1.88 bits per heavy atom. The third-order valence-corrected chi connectivity index (χ3v) is 4.25. The first-order chi connectivity index (χ1) is 11.6. The highest BCUT2D eigenvalue weighted by Gasteiger charge is 2.36. The summed E-state index contributed by atoms with van der Waals surface area (Å²) < 4.78 is 79.9. The number of rotatable bonds is 3. The summed E-state index contributed by atoms with van der Waals surface area (Å²) in [6, 6.07) is 3.62. The topological polar surface area (TPSA) is 89.3 Å². The van der Waals surface area contributed by atoms with E-state index in [1.165, 1.54) is 12.3 Å². The van der Waals surface area contributed by atoms with Crippen molar-refractivity contribution < 1.29 is 26.0 Å². The van der Waals surface area contributed by atoms with Gasteiger partial charge < -0.3 is 0 Å². The maximum Gasteiger partial charge on any atom is 0.418 e. The van der Waals surface area contributed by atoms with Gasteiger partial charge in [-0.15, -0.1) is 5.10 Å². The van der Waals surface area contributed by atoms with Gasteiger partial charge in [0, 0.05) is 11.9 Å². The van der Waals surface area contributed by atoms with Gasteiger partial charge in [0.05, 0.1) is 11.3 Å². The first kappa shape index (κ1) is 17.1. The lowest BCUT2D eigenvalue weighted by Gasteiger charge is -2.14. The number of sulfonamides is 1. The van der Waals surface area contributed by atoms with Crippen molar-refractivity contribution in [3.05, 3.63) is 47.5 Å². The van der Waals surface area contributed by atoms with Crippen LogP contribution in [0.15, 0.2) is 35.6 Å². The summed E-state index contributed by atoms with van der Waals surface area (Å²) in [5.74, 6) is -1.44. The zero-order valence-electron chi connectivity index (χ0n) is 12.4. The summed E-state index contributed by atoms with van der Waals surface area (Å²) in [5, 5.41) is 2.80. The number of halogens is 4. The number of para-hydroxylation sites is 1. The zero-order valence-corrected chi connectivity index (χ0v) is 13.2. The molecule has 0 spiro atoms. The molecule has 1 aromatic carbocycles. The lowest BCUT2D eigenvalue weighted by atomic mass is 10.1. The van der Waals surface area contributed by atoms with Gasteiger partial charge in [-0.2, -0.15) is 26.6 Å². The number of anilines is 1. The average Bonchev–Trinajstić information content (AvgIpc) is 2.92. The van der Waals surface area contributed by atoms with Crippen LogP contribution in [0.3, 0.4) is 0 Å². The molecule has 0 atom stereocenters. The van der Waals surface area contributed by atoms with Crippen molar-refractivity contribution in [1.29, 1.82) is 0 Å². The van der Waals surface area contributed by atoms with Gasteiger partial charge in [0.15, 0.2) is 0 Å². The predicted molar refractivity (Wildman–Crippen MR) is 77.7 cm³/mol. The molecule has 0 radical (unpaired) electrons. The monoisotopic (exact) mass is 375 g/mol. The second kappa shape index (κ2) is 5.65. The van der Waals surface area contributed by atoms with E-state index >= 15 is 0 Å². The average molecular weight is 375 g/mol. The summed E-state index contributed by atoms with van der Waals surface area (Å²) in [4.78, 5) is 7.58. The zero-order chi connectivity index (χ0) is 18.4. The highest BCUT2D eigenvalue weighted by Crippen LogP contribution is 2.36. The number of nitrogens with zero attached hydrogens (tertiary/aromatic N) is 4. The van der Waals surface area contributed by atoms with Gasteiger partial charge in [0.1, 0.15) is 5.82 Å². The van der Waals surface area contributed by atoms with Crippen LogP contribution >= 0.6 is 0 Å². The molecule has 2 aromatic heterocycles. The molecule has 0 saturated carbocycles. The number of hydrogen-bond donors (Lipinski definition) is 1. The van der Waals surface area contributed by atoms with Crippen LogP contribution in [0.5, 0.6) is 0 Å². The van der Waals surface area contributed by atoms with Gasteiger partial charge in [-0.1, -0.05) is 6.07 Å². The summed E-state index contributed by atoms with van der Waals surface area (Å²) in [6.45, 7) is 1.63. The first-order valence-corrected chi connectivity index (χ1v) is 8.15. The van der Waals surface area contributed by atoms with Crippen molar-refractivity contribution in [2.45, 2.75) is 18.3 Å². The second-order valence-corrected chi connectivity index (χ2v) is 6.55. The maximum atomic E-state index is 13.8. The molecule has 12 heteroatoms. The number of fused-ring (bicyclic) bond motifs is 1. The Morgan fingerprint density at radius 1 is 1.16 bits per heavy atom. The smallest absolute Gasteiger partial charge is 0.273 e. The molecular formula is C13H9F4N5O2S. The van der Waals surface area contributed by atoms with Crippen molar-refractivity contribution >= 4 is 21.5 Å². The minimum absolute atomic E-state index is 0.0649. The molecule has 0 aliphatic carbocycles. The van der Waals surface area contributed by atoms with Gasteiger partial charge in [-0.05, 0) is 25.1 Å². The Kier molecular flexibility index (Phi) is 3.86. The molecule has 25 heavy (non-hydrogen) atoms. The van der Waals surface area contributed by atoms with Crippen molar-refractivity contribution in [1.82, 2.24) is 19.6 Å². The van der Waals surface area contributed by atoms with E-state index in [0.29, 0.717) is 17.8 Å². The van der Waals surface area contributed by atoms with Gasteiger partial charge in [-0.25, -0.2) is 13.9 Å². The van der Waals surface area contributed by atoms with Gasteiger partial charge in [0.25, 0.3) is 21.0 Å². The fourth-order valence-corrected chi connectivity index (χ4v) is 2.97. The number of aryl methyl sites for hydroxylation is 1. The Balaban J connectivity index is 2.07. The van der Waals surface area contributed by atoms with Crippen LogP contribution < -0.4 is 4.72 Å². The van der Waals surface area contributed by atoms with E-state index in [2.05, 4.69) is 15.1 Å². The van der Waals surface area contributed by atoms with E-state index in [9.17, 15) is 26.0 Å². The van der Waals surface area contributed by atoms with Gasteiger partial charge in [-0.3, -0.25) is 4.72 Å². The fraction of sp³-hybridized carbons (Fsp3) is 0.154. The summed E-state index contributed by atoms with van der Waals surface area (Å²) in [7, 11) is -4.67. The molecule has 0 unspecified atom stereocenters. The quantitative estimate of drug-likeness (QED) is 0.710. The lowest BCUT2D eigenvalue weighted by Crippen LogP contribution is -2.19. The van der Waals surface area contributed by atoms with Crippen LogP contribution in [-0.4, -0.2) is 28.0 Å². The normalized spacial score (nSPS) is 12.5.